The number of aryl methyl sites for hydroxylation is 2. The summed E-state index contributed by atoms with van der Waals surface area (Å²) in [7, 11) is 3.39. The number of benzene rings is 1. The second-order valence-electron chi connectivity index (χ2n) is 5.27. The summed E-state index contributed by atoms with van der Waals surface area (Å²) in [6, 6.07) is 6.14. The van der Waals surface area contributed by atoms with Crippen LogP contribution in [-0.2, 0) is 6.54 Å². The van der Waals surface area contributed by atoms with E-state index >= 15 is 0 Å². The average molecular weight is 445 g/mol. The minimum absolute atomic E-state index is 0. The Bertz CT molecular complexity index is 687. The van der Waals surface area contributed by atoms with E-state index in [4.69, 9.17) is 9.26 Å². The zero-order valence-corrected chi connectivity index (χ0v) is 16.9. The largest absolute Gasteiger partial charge is 0.496 e. The Kier molecular flexibility index (Phi) is 7.96. The lowest BCUT2D eigenvalue weighted by atomic mass is 10.0. The van der Waals surface area contributed by atoms with E-state index in [1.807, 2.05) is 12.1 Å². The minimum Gasteiger partial charge on any atom is -0.496 e. The topological polar surface area (TPSA) is 84.6 Å². The van der Waals surface area contributed by atoms with Crippen molar-refractivity contribution < 1.29 is 9.26 Å². The lowest BCUT2D eigenvalue weighted by Crippen LogP contribution is -2.38. The molecule has 0 aliphatic rings. The van der Waals surface area contributed by atoms with Crippen LogP contribution in [0.1, 0.15) is 35.8 Å². The number of methoxy groups -OCH3 is 1. The molecule has 1 aromatic heterocycles. The van der Waals surface area contributed by atoms with E-state index < -0.39 is 0 Å². The van der Waals surface area contributed by atoms with Crippen LogP contribution in [0.25, 0.3) is 0 Å². The molecule has 0 fully saturated rings. The van der Waals surface area contributed by atoms with Crippen molar-refractivity contribution in [2.75, 3.05) is 14.2 Å². The first-order valence-corrected chi connectivity index (χ1v) is 7.44. The highest BCUT2D eigenvalue weighted by Crippen LogP contribution is 2.25. The van der Waals surface area contributed by atoms with Gasteiger partial charge in [-0.1, -0.05) is 22.9 Å². The summed E-state index contributed by atoms with van der Waals surface area (Å²) in [4.78, 5) is 8.37. The number of aliphatic imine (C=N–C) groups is 1. The van der Waals surface area contributed by atoms with Crippen molar-refractivity contribution in [3.8, 4) is 5.75 Å². The molecule has 0 amide bonds. The zero-order chi connectivity index (χ0) is 16.8. The standard InChI is InChI=1S/C16H23N5O2.HI/c1-10-6-7-14(22-5)13(8-10)11(2)19-16(17-4)18-9-15-20-12(3)23-21-15;/h6-8,11H,9H2,1-5H3,(H2,17,18,19);1H. The minimum atomic E-state index is 0. The van der Waals surface area contributed by atoms with Crippen LogP contribution in [0.5, 0.6) is 5.75 Å². The van der Waals surface area contributed by atoms with Gasteiger partial charge in [0.15, 0.2) is 11.8 Å². The van der Waals surface area contributed by atoms with Crippen LogP contribution < -0.4 is 15.4 Å². The molecule has 7 nitrogen and oxygen atoms in total. The summed E-state index contributed by atoms with van der Waals surface area (Å²) in [6.45, 7) is 6.31. The molecule has 1 heterocycles. The molecule has 24 heavy (non-hydrogen) atoms. The van der Waals surface area contributed by atoms with Gasteiger partial charge in [-0.05, 0) is 19.9 Å². The fourth-order valence-electron chi connectivity index (χ4n) is 2.25. The molecule has 1 aromatic carbocycles. The van der Waals surface area contributed by atoms with Gasteiger partial charge in [-0.25, -0.2) is 0 Å². The smallest absolute Gasteiger partial charge is 0.223 e. The fourth-order valence-corrected chi connectivity index (χ4v) is 2.25. The Hall–Kier alpha value is -1.84. The molecule has 2 N–H and O–H groups in total. The van der Waals surface area contributed by atoms with Gasteiger partial charge in [0, 0.05) is 19.5 Å². The number of aromatic nitrogens is 2. The number of nitrogens with zero attached hydrogens (tertiary/aromatic N) is 3. The highest BCUT2D eigenvalue weighted by Gasteiger charge is 2.13. The molecule has 0 aliphatic carbocycles. The van der Waals surface area contributed by atoms with Crippen LogP contribution >= 0.6 is 24.0 Å². The number of hydrogen-bond acceptors (Lipinski definition) is 5. The second-order valence-corrected chi connectivity index (χ2v) is 5.27. The van der Waals surface area contributed by atoms with Gasteiger partial charge in [-0.15, -0.1) is 24.0 Å². The van der Waals surface area contributed by atoms with Crippen molar-refractivity contribution in [1.29, 1.82) is 0 Å². The van der Waals surface area contributed by atoms with Crippen LogP contribution in [0.15, 0.2) is 27.7 Å². The summed E-state index contributed by atoms with van der Waals surface area (Å²) in [5, 5.41) is 10.3. The van der Waals surface area contributed by atoms with Gasteiger partial charge in [0.2, 0.25) is 5.89 Å². The average Bonchev–Trinajstić information content (AvgIpc) is 2.96. The Morgan fingerprint density at radius 2 is 2.12 bits per heavy atom. The van der Waals surface area contributed by atoms with Crippen LogP contribution in [-0.4, -0.2) is 30.3 Å². The monoisotopic (exact) mass is 445 g/mol. The summed E-state index contributed by atoms with van der Waals surface area (Å²) in [5.74, 6) is 2.64. The molecule has 0 spiro atoms. The van der Waals surface area contributed by atoms with Crippen molar-refractivity contribution in [3.63, 3.8) is 0 Å². The maximum atomic E-state index is 5.44. The van der Waals surface area contributed by atoms with E-state index in [-0.39, 0.29) is 30.0 Å². The first-order chi connectivity index (χ1) is 11.0. The van der Waals surface area contributed by atoms with Gasteiger partial charge in [0.1, 0.15) is 5.75 Å². The van der Waals surface area contributed by atoms with Crippen LogP contribution in [0.3, 0.4) is 0 Å². The predicted octanol–water partition coefficient (Wildman–Crippen LogP) is 2.74. The van der Waals surface area contributed by atoms with Crippen molar-refractivity contribution in [1.82, 2.24) is 20.8 Å². The first-order valence-electron chi connectivity index (χ1n) is 7.44. The van der Waals surface area contributed by atoms with E-state index in [0.29, 0.717) is 24.2 Å². The quantitative estimate of drug-likeness (QED) is 0.419. The number of guanidine groups is 1. The zero-order valence-electron chi connectivity index (χ0n) is 14.6. The lowest BCUT2D eigenvalue weighted by Gasteiger charge is -2.20. The van der Waals surface area contributed by atoms with Gasteiger partial charge >= 0.3 is 0 Å². The van der Waals surface area contributed by atoms with Crippen LogP contribution in [0, 0.1) is 13.8 Å². The molecule has 1 unspecified atom stereocenters. The number of halogens is 1. The highest BCUT2D eigenvalue weighted by atomic mass is 127. The Morgan fingerprint density at radius 1 is 1.38 bits per heavy atom. The van der Waals surface area contributed by atoms with Gasteiger partial charge in [0.25, 0.3) is 0 Å². The molecule has 0 saturated heterocycles. The number of nitrogens with one attached hydrogen (secondary N) is 2. The van der Waals surface area contributed by atoms with E-state index in [9.17, 15) is 0 Å². The van der Waals surface area contributed by atoms with Gasteiger partial charge in [0.05, 0.1) is 19.7 Å². The summed E-state index contributed by atoms with van der Waals surface area (Å²) >= 11 is 0. The number of ether oxygens (including phenoxy) is 1. The summed E-state index contributed by atoms with van der Waals surface area (Å²) < 4.78 is 10.4. The number of hydrogen-bond donors (Lipinski definition) is 2. The van der Waals surface area contributed by atoms with Gasteiger partial charge in [-0.2, -0.15) is 4.98 Å². The molecule has 0 aliphatic heterocycles. The Labute approximate surface area is 159 Å². The lowest BCUT2D eigenvalue weighted by molar-refractivity contribution is 0.386. The molecule has 2 aromatic rings. The maximum absolute atomic E-state index is 5.44. The van der Waals surface area contributed by atoms with E-state index in [2.05, 4.69) is 45.7 Å². The summed E-state index contributed by atoms with van der Waals surface area (Å²) in [6.07, 6.45) is 0. The molecular weight excluding hydrogens is 421 g/mol. The Morgan fingerprint density at radius 3 is 2.71 bits per heavy atom. The molecule has 132 valence electrons. The third-order valence-corrected chi connectivity index (χ3v) is 3.41. The predicted molar refractivity (Wildman–Crippen MR) is 104 cm³/mol. The van der Waals surface area contributed by atoms with Crippen LogP contribution in [0.4, 0.5) is 0 Å². The fraction of sp³-hybridized carbons (Fsp3) is 0.438. The van der Waals surface area contributed by atoms with E-state index in [1.165, 1.54) is 5.56 Å². The number of rotatable bonds is 5. The van der Waals surface area contributed by atoms with Crippen molar-refractivity contribution in [3.05, 3.63) is 41.0 Å². The molecule has 1 atom stereocenters. The first kappa shape index (κ1) is 20.2. The van der Waals surface area contributed by atoms with Crippen molar-refractivity contribution >= 4 is 29.9 Å². The molecule has 0 radical (unpaired) electrons. The highest BCUT2D eigenvalue weighted by molar-refractivity contribution is 14.0. The third kappa shape index (κ3) is 5.36. The van der Waals surface area contributed by atoms with Crippen molar-refractivity contribution in [2.45, 2.75) is 33.4 Å². The molecule has 2 rings (SSSR count). The van der Waals surface area contributed by atoms with Gasteiger partial charge < -0.3 is 19.9 Å². The van der Waals surface area contributed by atoms with E-state index in [0.717, 1.165) is 11.3 Å². The SMILES string of the molecule is CN=C(NCc1noc(C)n1)NC(C)c1cc(C)ccc1OC.I. The molecule has 0 bridgehead atoms. The van der Waals surface area contributed by atoms with E-state index in [1.54, 1.807) is 21.1 Å². The van der Waals surface area contributed by atoms with Crippen LogP contribution in [0.2, 0.25) is 0 Å². The maximum Gasteiger partial charge on any atom is 0.223 e. The van der Waals surface area contributed by atoms with Crippen molar-refractivity contribution in [2.24, 2.45) is 4.99 Å². The molecule has 0 saturated carbocycles. The second kappa shape index (κ2) is 9.45. The summed E-state index contributed by atoms with van der Waals surface area (Å²) in [5.41, 5.74) is 2.26. The molecule has 8 heteroatoms. The normalized spacial score (nSPS) is 12.3. The Balaban J connectivity index is 0.00000288. The molecular formula is C16H24IN5O2. The van der Waals surface area contributed by atoms with Gasteiger partial charge in [-0.3, -0.25) is 4.99 Å². The third-order valence-electron chi connectivity index (χ3n) is 3.41.